The standard InChI is InChI=1S/C21H19F2N7OS/c1-31-15-3-2-14(18(22)19(15)23)30-21(27-28-29-30)13-8-12(10-26-20(13)24)17-9-11-4-6-25-7-5-16(11)32-17/h2-3,8-10,25H,4-7H2,1H3,(H2,24,26). The van der Waals surface area contributed by atoms with Crippen molar-refractivity contribution in [1.29, 1.82) is 0 Å². The number of fused-ring (bicyclic) bond motifs is 1. The molecule has 0 bridgehead atoms. The Kier molecular flexibility index (Phi) is 5.27. The Hall–Kier alpha value is -3.44. The van der Waals surface area contributed by atoms with Gasteiger partial charge in [-0.2, -0.15) is 9.07 Å². The molecule has 1 aliphatic rings. The van der Waals surface area contributed by atoms with Crippen LogP contribution in [0.4, 0.5) is 14.6 Å². The number of hydrogen-bond donors (Lipinski definition) is 2. The lowest BCUT2D eigenvalue weighted by Crippen LogP contribution is -2.16. The van der Waals surface area contributed by atoms with Crippen molar-refractivity contribution >= 4 is 17.2 Å². The van der Waals surface area contributed by atoms with Gasteiger partial charge in [-0.3, -0.25) is 0 Å². The normalized spacial score (nSPS) is 13.6. The molecule has 0 amide bonds. The highest BCUT2D eigenvalue weighted by Crippen LogP contribution is 2.36. The average Bonchev–Trinajstić information content (AvgIpc) is 3.38. The summed E-state index contributed by atoms with van der Waals surface area (Å²) in [5.41, 5.74) is 8.57. The largest absolute Gasteiger partial charge is 0.494 e. The zero-order valence-corrected chi connectivity index (χ0v) is 17.9. The second-order valence-corrected chi connectivity index (χ2v) is 8.43. The summed E-state index contributed by atoms with van der Waals surface area (Å²) in [5.74, 6) is -2.13. The Morgan fingerprint density at radius 2 is 2.00 bits per heavy atom. The number of aromatic nitrogens is 5. The number of hydrogen-bond acceptors (Lipinski definition) is 8. The molecule has 0 atom stereocenters. The van der Waals surface area contributed by atoms with Gasteiger partial charge in [-0.15, -0.1) is 16.4 Å². The van der Waals surface area contributed by atoms with E-state index in [1.54, 1.807) is 17.5 Å². The van der Waals surface area contributed by atoms with Gasteiger partial charge in [0, 0.05) is 21.5 Å². The third kappa shape index (κ3) is 3.49. The van der Waals surface area contributed by atoms with Crippen LogP contribution in [0.1, 0.15) is 10.4 Å². The molecule has 0 saturated carbocycles. The van der Waals surface area contributed by atoms with E-state index in [9.17, 15) is 8.78 Å². The molecule has 0 saturated heterocycles. The Morgan fingerprint density at radius 3 is 2.84 bits per heavy atom. The van der Waals surface area contributed by atoms with Crippen molar-refractivity contribution in [3.05, 3.63) is 52.5 Å². The summed E-state index contributed by atoms with van der Waals surface area (Å²) in [5, 5.41) is 14.9. The van der Waals surface area contributed by atoms with Gasteiger partial charge < -0.3 is 15.8 Å². The van der Waals surface area contributed by atoms with E-state index in [4.69, 9.17) is 10.5 Å². The van der Waals surface area contributed by atoms with Crippen molar-refractivity contribution in [2.75, 3.05) is 25.9 Å². The molecular weight excluding hydrogens is 436 g/mol. The van der Waals surface area contributed by atoms with Crippen molar-refractivity contribution in [3.63, 3.8) is 0 Å². The van der Waals surface area contributed by atoms with Crippen molar-refractivity contribution < 1.29 is 13.5 Å². The number of thiophene rings is 1. The van der Waals surface area contributed by atoms with Crippen LogP contribution in [0.2, 0.25) is 0 Å². The minimum Gasteiger partial charge on any atom is -0.494 e. The summed E-state index contributed by atoms with van der Waals surface area (Å²) in [4.78, 5) is 6.73. The Balaban J connectivity index is 1.58. The molecule has 5 rings (SSSR count). The molecule has 1 aliphatic heterocycles. The molecule has 3 aromatic heterocycles. The minimum atomic E-state index is -1.13. The third-order valence-corrected chi connectivity index (χ3v) is 6.67. The number of nitrogens with zero attached hydrogens (tertiary/aromatic N) is 5. The minimum absolute atomic E-state index is 0.155. The second kappa shape index (κ2) is 8.24. The van der Waals surface area contributed by atoms with Crippen molar-refractivity contribution in [2.24, 2.45) is 0 Å². The molecule has 0 radical (unpaired) electrons. The van der Waals surface area contributed by atoms with Crippen LogP contribution >= 0.6 is 11.3 Å². The number of nitrogens with two attached hydrogens (primary N) is 1. The number of methoxy groups -OCH3 is 1. The number of halogens is 2. The van der Waals surface area contributed by atoms with Crippen LogP contribution in [0.3, 0.4) is 0 Å². The Morgan fingerprint density at radius 1 is 1.16 bits per heavy atom. The summed E-state index contributed by atoms with van der Waals surface area (Å²) < 4.78 is 34.9. The van der Waals surface area contributed by atoms with Crippen LogP contribution < -0.4 is 15.8 Å². The molecule has 0 spiro atoms. The van der Waals surface area contributed by atoms with Gasteiger partial charge in [0.25, 0.3) is 0 Å². The van der Waals surface area contributed by atoms with Crippen LogP contribution in [0.15, 0.2) is 30.5 Å². The lowest BCUT2D eigenvalue weighted by molar-refractivity contribution is 0.371. The van der Waals surface area contributed by atoms with E-state index >= 15 is 0 Å². The van der Waals surface area contributed by atoms with Crippen LogP contribution in [0.25, 0.3) is 27.5 Å². The number of benzene rings is 1. The first-order valence-electron chi connectivity index (χ1n) is 9.96. The number of ether oxygens (including phenoxy) is 1. The van der Waals surface area contributed by atoms with Crippen molar-refractivity contribution in [1.82, 2.24) is 30.5 Å². The van der Waals surface area contributed by atoms with E-state index < -0.39 is 11.6 Å². The van der Waals surface area contributed by atoms with Gasteiger partial charge in [0.15, 0.2) is 17.4 Å². The molecule has 1 aromatic carbocycles. The molecule has 0 aliphatic carbocycles. The van der Waals surface area contributed by atoms with Gasteiger partial charge in [-0.05, 0) is 66.2 Å². The molecule has 164 valence electrons. The predicted molar refractivity (Wildman–Crippen MR) is 117 cm³/mol. The summed E-state index contributed by atoms with van der Waals surface area (Å²) in [7, 11) is 1.26. The number of nitrogen functional groups attached to an aromatic ring is 1. The number of rotatable bonds is 4. The molecule has 0 unspecified atom stereocenters. The Bertz CT molecular complexity index is 1280. The molecule has 3 N–H and O–H groups in total. The zero-order valence-electron chi connectivity index (χ0n) is 17.1. The third-order valence-electron chi connectivity index (χ3n) is 5.38. The highest BCUT2D eigenvalue weighted by Gasteiger charge is 2.22. The van der Waals surface area contributed by atoms with E-state index in [2.05, 4.69) is 31.9 Å². The maximum atomic E-state index is 14.7. The number of anilines is 1. The van der Waals surface area contributed by atoms with E-state index in [-0.39, 0.29) is 23.1 Å². The number of tetrazole rings is 1. The summed E-state index contributed by atoms with van der Waals surface area (Å²) >= 11 is 1.72. The van der Waals surface area contributed by atoms with Crippen LogP contribution in [0, 0.1) is 11.6 Å². The smallest absolute Gasteiger partial charge is 0.202 e. The second-order valence-electron chi connectivity index (χ2n) is 7.30. The van der Waals surface area contributed by atoms with Crippen molar-refractivity contribution in [2.45, 2.75) is 12.8 Å². The van der Waals surface area contributed by atoms with Gasteiger partial charge in [-0.25, -0.2) is 9.37 Å². The topological polar surface area (TPSA) is 104 Å². The molecule has 8 nitrogen and oxygen atoms in total. The maximum Gasteiger partial charge on any atom is 0.202 e. The summed E-state index contributed by atoms with van der Waals surface area (Å²) in [6.45, 7) is 1.91. The number of nitrogens with one attached hydrogen (secondary N) is 1. The SMILES string of the molecule is COc1ccc(-n2nnnc2-c2cc(-c3cc4c(s3)CCNCC4)cnc2N)c(F)c1F. The monoisotopic (exact) mass is 455 g/mol. The Labute approximate surface area is 186 Å². The average molecular weight is 455 g/mol. The highest BCUT2D eigenvalue weighted by molar-refractivity contribution is 7.15. The van der Waals surface area contributed by atoms with E-state index in [0.29, 0.717) is 5.56 Å². The maximum absolute atomic E-state index is 14.7. The zero-order chi connectivity index (χ0) is 22.2. The van der Waals surface area contributed by atoms with Gasteiger partial charge in [-0.1, -0.05) is 0 Å². The lowest BCUT2D eigenvalue weighted by Gasteiger charge is -2.10. The number of pyridine rings is 1. The molecule has 4 aromatic rings. The van der Waals surface area contributed by atoms with E-state index in [0.717, 1.165) is 41.1 Å². The fourth-order valence-corrected chi connectivity index (χ4v) is 4.92. The first-order valence-corrected chi connectivity index (χ1v) is 10.8. The van der Waals surface area contributed by atoms with Crippen LogP contribution in [0.5, 0.6) is 5.75 Å². The van der Waals surface area contributed by atoms with Gasteiger partial charge >= 0.3 is 0 Å². The molecule has 0 fully saturated rings. The highest BCUT2D eigenvalue weighted by atomic mass is 32.1. The van der Waals surface area contributed by atoms with Crippen LogP contribution in [-0.4, -0.2) is 45.4 Å². The summed E-state index contributed by atoms with van der Waals surface area (Å²) in [6, 6.07) is 6.65. The molecule has 11 heteroatoms. The van der Waals surface area contributed by atoms with E-state index in [1.807, 2.05) is 6.07 Å². The van der Waals surface area contributed by atoms with Crippen molar-refractivity contribution in [3.8, 4) is 33.3 Å². The first kappa shape index (κ1) is 20.5. The van der Waals surface area contributed by atoms with E-state index in [1.165, 1.54) is 29.7 Å². The quantitative estimate of drug-likeness (QED) is 0.488. The first-order chi connectivity index (χ1) is 15.6. The lowest BCUT2D eigenvalue weighted by atomic mass is 10.1. The van der Waals surface area contributed by atoms with Gasteiger partial charge in [0.05, 0.1) is 12.7 Å². The summed E-state index contributed by atoms with van der Waals surface area (Å²) in [6.07, 6.45) is 3.65. The molecular formula is C21H19F2N7OS. The molecule has 4 heterocycles. The molecule has 32 heavy (non-hydrogen) atoms. The fourth-order valence-electron chi connectivity index (χ4n) is 3.73. The van der Waals surface area contributed by atoms with Crippen LogP contribution in [-0.2, 0) is 12.8 Å². The van der Waals surface area contributed by atoms with Gasteiger partial charge in [0.1, 0.15) is 11.5 Å². The predicted octanol–water partition coefficient (Wildman–Crippen LogP) is 3.01. The van der Waals surface area contributed by atoms with Gasteiger partial charge in [0.2, 0.25) is 5.82 Å². The fraction of sp³-hybridized carbons (Fsp3) is 0.238.